The normalized spacial score (nSPS) is 10.9. The monoisotopic (exact) mass is 359 g/mol. The van der Waals surface area contributed by atoms with E-state index in [4.69, 9.17) is 23.2 Å². The molecule has 0 aromatic heterocycles. The highest BCUT2D eigenvalue weighted by Gasteiger charge is 2.12. The van der Waals surface area contributed by atoms with Crippen molar-refractivity contribution in [1.82, 2.24) is 0 Å². The largest absolute Gasteiger partial charge is 0.360 e. The smallest absolute Gasteiger partial charge is 0.267 e. The second-order valence-corrected chi connectivity index (χ2v) is 6.05. The lowest BCUT2D eigenvalue weighted by atomic mass is 10.1. The molecule has 1 amide bonds. The molecule has 0 aliphatic heterocycles. The van der Waals surface area contributed by atoms with Gasteiger partial charge >= 0.3 is 0 Å². The Balaban J connectivity index is 2.16. The standard InChI is InChI=1S/C18H15Cl2N3O/c1-11-3-6-16(12(2)7-11)22-10-13(9-21)18(24)23-17-8-14(19)4-5-15(17)20/h3-8,10,22H,1-2H3,(H,23,24)/b13-10-. The minimum Gasteiger partial charge on any atom is -0.360 e. The summed E-state index contributed by atoms with van der Waals surface area (Å²) >= 11 is 11.9. The van der Waals surface area contributed by atoms with E-state index in [2.05, 4.69) is 10.6 Å². The van der Waals surface area contributed by atoms with Gasteiger partial charge in [-0.05, 0) is 43.7 Å². The van der Waals surface area contributed by atoms with Gasteiger partial charge in [0, 0.05) is 16.9 Å². The highest BCUT2D eigenvalue weighted by molar-refractivity contribution is 6.35. The van der Waals surface area contributed by atoms with Crippen LogP contribution >= 0.6 is 23.2 Å². The van der Waals surface area contributed by atoms with Crippen molar-refractivity contribution in [3.05, 3.63) is 69.3 Å². The summed E-state index contributed by atoms with van der Waals surface area (Å²) in [5.74, 6) is -0.570. The van der Waals surface area contributed by atoms with Crippen molar-refractivity contribution in [2.24, 2.45) is 0 Å². The van der Waals surface area contributed by atoms with E-state index in [1.54, 1.807) is 12.1 Å². The number of halogens is 2. The molecule has 0 bridgehead atoms. The topological polar surface area (TPSA) is 64.9 Å². The van der Waals surface area contributed by atoms with E-state index >= 15 is 0 Å². The maximum atomic E-state index is 12.2. The first-order chi connectivity index (χ1) is 11.4. The lowest BCUT2D eigenvalue weighted by Gasteiger charge is -2.09. The molecule has 2 aromatic rings. The summed E-state index contributed by atoms with van der Waals surface area (Å²) in [6, 6.07) is 12.4. The Hall–Kier alpha value is -2.48. The second kappa shape index (κ2) is 7.87. The summed E-state index contributed by atoms with van der Waals surface area (Å²) in [5, 5.41) is 15.5. The minimum atomic E-state index is -0.570. The molecule has 0 aliphatic carbocycles. The molecule has 2 rings (SSSR count). The van der Waals surface area contributed by atoms with Crippen LogP contribution in [0.4, 0.5) is 11.4 Å². The molecule has 0 saturated carbocycles. The van der Waals surface area contributed by atoms with Gasteiger partial charge in [0.2, 0.25) is 0 Å². The molecule has 0 fully saturated rings. The highest BCUT2D eigenvalue weighted by atomic mass is 35.5. The van der Waals surface area contributed by atoms with Gasteiger partial charge in [-0.3, -0.25) is 4.79 Å². The van der Waals surface area contributed by atoms with Gasteiger partial charge in [-0.25, -0.2) is 0 Å². The van der Waals surface area contributed by atoms with E-state index in [-0.39, 0.29) is 5.57 Å². The van der Waals surface area contributed by atoms with Crippen molar-refractivity contribution in [2.75, 3.05) is 10.6 Å². The fraction of sp³-hybridized carbons (Fsp3) is 0.111. The van der Waals surface area contributed by atoms with Crippen LogP contribution in [0.2, 0.25) is 10.0 Å². The molecule has 2 aromatic carbocycles. The Labute approximate surface area is 150 Å². The van der Waals surface area contributed by atoms with E-state index in [1.807, 2.05) is 38.1 Å². The maximum absolute atomic E-state index is 12.2. The summed E-state index contributed by atoms with van der Waals surface area (Å²) in [7, 11) is 0. The third-order valence-electron chi connectivity index (χ3n) is 3.30. The van der Waals surface area contributed by atoms with Crippen molar-refractivity contribution >= 4 is 40.5 Å². The van der Waals surface area contributed by atoms with Gasteiger partial charge in [-0.15, -0.1) is 0 Å². The number of nitrogens with one attached hydrogen (secondary N) is 2. The number of carbonyl (C=O) groups is 1. The summed E-state index contributed by atoms with van der Waals surface area (Å²) < 4.78 is 0. The van der Waals surface area contributed by atoms with E-state index < -0.39 is 5.91 Å². The van der Waals surface area contributed by atoms with Crippen molar-refractivity contribution in [2.45, 2.75) is 13.8 Å². The molecule has 0 unspecified atom stereocenters. The Kier molecular flexibility index (Phi) is 5.86. The van der Waals surface area contributed by atoms with Crippen LogP contribution in [0.1, 0.15) is 11.1 Å². The zero-order valence-corrected chi connectivity index (χ0v) is 14.7. The quantitative estimate of drug-likeness (QED) is 0.591. The molecule has 0 aliphatic rings. The van der Waals surface area contributed by atoms with E-state index in [0.29, 0.717) is 15.7 Å². The lowest BCUT2D eigenvalue weighted by Crippen LogP contribution is -2.15. The molecule has 122 valence electrons. The van der Waals surface area contributed by atoms with Gasteiger partial charge in [-0.2, -0.15) is 5.26 Å². The Morgan fingerprint density at radius 2 is 1.88 bits per heavy atom. The van der Waals surface area contributed by atoms with Gasteiger partial charge in [0.15, 0.2) is 0 Å². The fourth-order valence-corrected chi connectivity index (χ4v) is 2.39. The van der Waals surface area contributed by atoms with Crippen LogP contribution in [0.5, 0.6) is 0 Å². The number of carbonyl (C=O) groups excluding carboxylic acids is 1. The fourth-order valence-electron chi connectivity index (χ4n) is 2.06. The van der Waals surface area contributed by atoms with Crippen LogP contribution in [0.15, 0.2) is 48.2 Å². The minimum absolute atomic E-state index is 0.0778. The Morgan fingerprint density at radius 3 is 2.54 bits per heavy atom. The zero-order valence-electron chi connectivity index (χ0n) is 13.2. The summed E-state index contributed by atoms with van der Waals surface area (Å²) in [5.41, 5.74) is 3.24. The van der Waals surface area contributed by atoms with Gasteiger partial charge in [0.05, 0.1) is 10.7 Å². The molecule has 2 N–H and O–H groups in total. The summed E-state index contributed by atoms with van der Waals surface area (Å²) in [6.45, 7) is 3.94. The third kappa shape index (κ3) is 4.51. The zero-order chi connectivity index (χ0) is 17.7. The van der Waals surface area contributed by atoms with Gasteiger partial charge in [0.25, 0.3) is 5.91 Å². The van der Waals surface area contributed by atoms with Crippen molar-refractivity contribution in [3.8, 4) is 6.07 Å². The number of hydrogen-bond acceptors (Lipinski definition) is 3. The number of benzene rings is 2. The number of anilines is 2. The maximum Gasteiger partial charge on any atom is 0.267 e. The van der Waals surface area contributed by atoms with Crippen LogP contribution in [0.3, 0.4) is 0 Å². The molecule has 0 saturated heterocycles. The van der Waals surface area contributed by atoms with Gasteiger partial charge in [-0.1, -0.05) is 40.9 Å². The number of nitrogens with zero attached hydrogens (tertiary/aromatic N) is 1. The van der Waals surface area contributed by atoms with Crippen molar-refractivity contribution in [3.63, 3.8) is 0 Å². The van der Waals surface area contributed by atoms with E-state index in [1.165, 1.54) is 12.3 Å². The first-order valence-electron chi connectivity index (χ1n) is 7.11. The Morgan fingerprint density at radius 1 is 1.12 bits per heavy atom. The van der Waals surface area contributed by atoms with Crippen molar-refractivity contribution < 1.29 is 4.79 Å². The second-order valence-electron chi connectivity index (χ2n) is 5.21. The SMILES string of the molecule is Cc1ccc(N/C=C(/C#N)C(=O)Nc2cc(Cl)ccc2Cl)c(C)c1. The third-order valence-corrected chi connectivity index (χ3v) is 3.86. The number of nitriles is 1. The predicted molar refractivity (Wildman–Crippen MR) is 98.3 cm³/mol. The first kappa shape index (κ1) is 17.9. The van der Waals surface area contributed by atoms with Crippen LogP contribution in [0, 0.1) is 25.2 Å². The molecule has 4 nitrogen and oxygen atoms in total. The van der Waals surface area contributed by atoms with E-state index in [0.717, 1.165) is 16.8 Å². The molecule has 0 spiro atoms. The predicted octanol–water partition coefficient (Wildman–Crippen LogP) is 5.07. The lowest BCUT2D eigenvalue weighted by molar-refractivity contribution is -0.112. The van der Waals surface area contributed by atoms with Crippen molar-refractivity contribution in [1.29, 1.82) is 5.26 Å². The molecule has 0 atom stereocenters. The summed E-state index contributed by atoms with van der Waals surface area (Å²) in [6.07, 6.45) is 1.37. The molecule has 0 heterocycles. The van der Waals surface area contributed by atoms with Crippen LogP contribution < -0.4 is 10.6 Å². The number of amides is 1. The summed E-state index contributed by atoms with van der Waals surface area (Å²) in [4.78, 5) is 12.2. The van der Waals surface area contributed by atoms with Crippen LogP contribution in [-0.4, -0.2) is 5.91 Å². The van der Waals surface area contributed by atoms with Crippen LogP contribution in [-0.2, 0) is 4.79 Å². The average Bonchev–Trinajstić information content (AvgIpc) is 2.53. The first-order valence-corrected chi connectivity index (χ1v) is 7.87. The number of aryl methyl sites for hydroxylation is 2. The molecule has 6 heteroatoms. The average molecular weight is 360 g/mol. The molecule has 0 radical (unpaired) electrons. The molecular formula is C18H15Cl2N3O. The van der Waals surface area contributed by atoms with E-state index in [9.17, 15) is 10.1 Å². The van der Waals surface area contributed by atoms with Gasteiger partial charge < -0.3 is 10.6 Å². The Bertz CT molecular complexity index is 854. The molecule has 24 heavy (non-hydrogen) atoms. The highest BCUT2D eigenvalue weighted by Crippen LogP contribution is 2.25. The van der Waals surface area contributed by atoms with Crippen LogP contribution in [0.25, 0.3) is 0 Å². The number of rotatable bonds is 4. The van der Waals surface area contributed by atoms with Gasteiger partial charge in [0.1, 0.15) is 11.6 Å². The number of hydrogen-bond donors (Lipinski definition) is 2. The molecular weight excluding hydrogens is 345 g/mol.